The van der Waals surface area contributed by atoms with E-state index in [1.54, 1.807) is 16.8 Å². The molecule has 0 N–H and O–H groups in total. The van der Waals surface area contributed by atoms with Crippen LogP contribution in [0.4, 0.5) is 0 Å². The van der Waals surface area contributed by atoms with E-state index in [1.165, 1.54) is 0 Å². The van der Waals surface area contributed by atoms with E-state index < -0.39 is 0 Å². The third-order valence-electron chi connectivity index (χ3n) is 1.68. The Morgan fingerprint density at radius 3 is 2.70 bits per heavy atom. The molecule has 0 bridgehead atoms. The largest absolute Gasteiger partial charge is 0.343 e. The Kier molecular flexibility index (Phi) is 2.56. The second kappa shape index (κ2) is 3.25. The lowest BCUT2D eigenvalue weighted by molar-refractivity contribution is -0.132. The molecule has 0 aromatic rings. The van der Waals surface area contributed by atoms with Gasteiger partial charge < -0.3 is 4.90 Å². The Labute approximate surface area is 65.5 Å². The number of carbonyl (C=O) groups excluding carboxylic acids is 1. The van der Waals surface area contributed by atoms with Gasteiger partial charge in [-0.15, -0.1) is 0 Å². The van der Waals surface area contributed by atoms with Crippen LogP contribution in [0, 0.1) is 0 Å². The predicted octanol–water partition coefficient (Wildman–Crippen LogP) is 0.0384. The van der Waals surface area contributed by atoms with E-state index in [2.05, 4.69) is 4.31 Å². The van der Waals surface area contributed by atoms with E-state index in [4.69, 9.17) is 0 Å². The molecule has 0 radical (unpaired) electrons. The van der Waals surface area contributed by atoms with Gasteiger partial charge in [-0.2, -0.15) is 0 Å². The van der Waals surface area contributed by atoms with Crippen LogP contribution >= 0.6 is 11.9 Å². The molecular formula is C6H12N2OS. The summed E-state index contributed by atoms with van der Waals surface area (Å²) in [4.78, 5) is 12.8. The van der Waals surface area contributed by atoms with Gasteiger partial charge in [0.2, 0.25) is 5.91 Å². The van der Waals surface area contributed by atoms with Crippen molar-refractivity contribution in [1.29, 1.82) is 0 Å². The third-order valence-corrected chi connectivity index (χ3v) is 2.51. The molecule has 0 atom stereocenters. The molecule has 1 aliphatic heterocycles. The summed E-state index contributed by atoms with van der Waals surface area (Å²) in [6, 6.07) is 0. The molecule has 0 saturated carbocycles. The normalized spacial score (nSPS) is 21.8. The molecule has 10 heavy (non-hydrogen) atoms. The molecule has 1 fully saturated rings. The fourth-order valence-corrected chi connectivity index (χ4v) is 1.40. The van der Waals surface area contributed by atoms with E-state index in [0.717, 1.165) is 13.1 Å². The van der Waals surface area contributed by atoms with Gasteiger partial charge in [-0.3, -0.25) is 4.79 Å². The number of likely N-dealkylation sites (N-methyl/N-ethyl adjacent to an activating group) is 1. The minimum Gasteiger partial charge on any atom is -0.343 e. The number of amides is 1. The molecule has 1 saturated heterocycles. The Hall–Kier alpha value is -0.220. The van der Waals surface area contributed by atoms with E-state index in [1.807, 2.05) is 13.3 Å². The molecule has 0 spiro atoms. The molecule has 3 nitrogen and oxygen atoms in total. The van der Waals surface area contributed by atoms with Gasteiger partial charge in [-0.1, -0.05) is 11.9 Å². The molecule has 1 heterocycles. The fraction of sp³-hybridized carbons (Fsp3) is 0.833. The van der Waals surface area contributed by atoms with Crippen molar-refractivity contribution in [3.63, 3.8) is 0 Å². The SMILES string of the molecule is CSN1CCN(C)C(=O)C1. The van der Waals surface area contributed by atoms with Crippen molar-refractivity contribution in [2.45, 2.75) is 0 Å². The van der Waals surface area contributed by atoms with Crippen molar-refractivity contribution in [1.82, 2.24) is 9.21 Å². The first-order chi connectivity index (χ1) is 4.74. The molecule has 0 aromatic heterocycles. The third kappa shape index (κ3) is 1.64. The predicted molar refractivity (Wildman–Crippen MR) is 42.7 cm³/mol. The van der Waals surface area contributed by atoms with Crippen molar-refractivity contribution in [3.8, 4) is 0 Å². The van der Waals surface area contributed by atoms with E-state index >= 15 is 0 Å². The molecule has 1 aliphatic rings. The number of nitrogens with zero attached hydrogens (tertiary/aromatic N) is 2. The van der Waals surface area contributed by atoms with Crippen LogP contribution in [0.1, 0.15) is 0 Å². The number of hydrogen-bond donors (Lipinski definition) is 0. The highest BCUT2D eigenvalue weighted by atomic mass is 32.2. The van der Waals surface area contributed by atoms with Gasteiger partial charge in [0.15, 0.2) is 0 Å². The fourth-order valence-electron chi connectivity index (χ4n) is 0.893. The summed E-state index contributed by atoms with van der Waals surface area (Å²) in [5.74, 6) is 0.223. The molecular weight excluding hydrogens is 148 g/mol. The van der Waals surface area contributed by atoms with Gasteiger partial charge in [-0.25, -0.2) is 4.31 Å². The second-order valence-electron chi connectivity index (χ2n) is 2.36. The first-order valence-corrected chi connectivity index (χ1v) is 4.45. The zero-order valence-electron chi connectivity index (χ0n) is 6.33. The van der Waals surface area contributed by atoms with Crippen LogP contribution in [0.25, 0.3) is 0 Å². The Morgan fingerprint density at radius 2 is 2.20 bits per heavy atom. The average molecular weight is 160 g/mol. The molecule has 1 rings (SSSR count). The zero-order chi connectivity index (χ0) is 7.56. The van der Waals surface area contributed by atoms with Gasteiger partial charge in [-0.05, 0) is 6.26 Å². The van der Waals surface area contributed by atoms with Crippen LogP contribution in [-0.2, 0) is 4.79 Å². The van der Waals surface area contributed by atoms with Crippen molar-refractivity contribution in [2.24, 2.45) is 0 Å². The second-order valence-corrected chi connectivity index (χ2v) is 3.24. The maximum Gasteiger partial charge on any atom is 0.237 e. The highest BCUT2D eigenvalue weighted by Gasteiger charge is 2.19. The number of hydrogen-bond acceptors (Lipinski definition) is 3. The quantitative estimate of drug-likeness (QED) is 0.506. The molecule has 4 heteroatoms. The maximum atomic E-state index is 11.0. The van der Waals surface area contributed by atoms with Crippen LogP contribution < -0.4 is 0 Å². The minimum atomic E-state index is 0.223. The van der Waals surface area contributed by atoms with Crippen LogP contribution in [0.15, 0.2) is 0 Å². The maximum absolute atomic E-state index is 11.0. The number of rotatable bonds is 1. The van der Waals surface area contributed by atoms with Crippen LogP contribution in [0.2, 0.25) is 0 Å². The van der Waals surface area contributed by atoms with E-state index in [9.17, 15) is 4.79 Å². The van der Waals surface area contributed by atoms with Crippen molar-refractivity contribution < 1.29 is 4.79 Å². The Balaban J connectivity index is 2.41. The molecule has 0 aliphatic carbocycles. The number of piperazine rings is 1. The topological polar surface area (TPSA) is 23.6 Å². The van der Waals surface area contributed by atoms with Gasteiger partial charge >= 0.3 is 0 Å². The number of carbonyl (C=O) groups is 1. The first kappa shape index (κ1) is 7.88. The lowest BCUT2D eigenvalue weighted by Crippen LogP contribution is -2.45. The van der Waals surface area contributed by atoms with Gasteiger partial charge in [0.25, 0.3) is 0 Å². The monoisotopic (exact) mass is 160 g/mol. The molecule has 0 unspecified atom stereocenters. The summed E-state index contributed by atoms with van der Waals surface area (Å²) in [5, 5.41) is 0. The highest BCUT2D eigenvalue weighted by molar-refractivity contribution is 7.96. The lowest BCUT2D eigenvalue weighted by atomic mass is 10.4. The highest BCUT2D eigenvalue weighted by Crippen LogP contribution is 2.08. The van der Waals surface area contributed by atoms with Crippen molar-refractivity contribution >= 4 is 17.9 Å². The minimum absolute atomic E-state index is 0.223. The van der Waals surface area contributed by atoms with Gasteiger partial charge in [0.05, 0.1) is 6.54 Å². The van der Waals surface area contributed by atoms with Crippen LogP contribution in [-0.4, -0.2) is 48.1 Å². The summed E-state index contributed by atoms with van der Waals surface area (Å²) in [7, 11) is 1.85. The van der Waals surface area contributed by atoms with Gasteiger partial charge in [0, 0.05) is 20.1 Å². The summed E-state index contributed by atoms with van der Waals surface area (Å²) in [5.41, 5.74) is 0. The van der Waals surface area contributed by atoms with E-state index in [-0.39, 0.29) is 5.91 Å². The standard InChI is InChI=1S/C6H12N2OS/c1-7-3-4-8(10-2)5-6(7)9/h3-5H2,1-2H3. The summed E-state index contributed by atoms with van der Waals surface area (Å²) in [6.07, 6.45) is 2.00. The zero-order valence-corrected chi connectivity index (χ0v) is 7.15. The van der Waals surface area contributed by atoms with Crippen molar-refractivity contribution in [2.75, 3.05) is 32.9 Å². The summed E-state index contributed by atoms with van der Waals surface area (Å²) in [6.45, 7) is 2.42. The molecule has 1 amide bonds. The average Bonchev–Trinajstić information content (AvgIpc) is 1.95. The molecule has 58 valence electrons. The van der Waals surface area contributed by atoms with Crippen molar-refractivity contribution in [3.05, 3.63) is 0 Å². The lowest BCUT2D eigenvalue weighted by Gasteiger charge is -2.29. The summed E-state index contributed by atoms with van der Waals surface area (Å²) < 4.78 is 2.07. The first-order valence-electron chi connectivity index (χ1n) is 3.27. The van der Waals surface area contributed by atoms with Crippen LogP contribution in [0.3, 0.4) is 0 Å². The summed E-state index contributed by atoms with van der Waals surface area (Å²) >= 11 is 1.64. The smallest absolute Gasteiger partial charge is 0.237 e. The van der Waals surface area contributed by atoms with E-state index in [0.29, 0.717) is 6.54 Å². The Morgan fingerprint density at radius 1 is 1.50 bits per heavy atom. The van der Waals surface area contributed by atoms with Crippen LogP contribution in [0.5, 0.6) is 0 Å². The van der Waals surface area contributed by atoms with Gasteiger partial charge in [0.1, 0.15) is 0 Å². The molecule has 0 aromatic carbocycles. The Bertz CT molecular complexity index is 140.